The van der Waals surface area contributed by atoms with Crippen LogP contribution in [0, 0.1) is 6.92 Å². The molecule has 0 spiro atoms. The van der Waals surface area contributed by atoms with Gasteiger partial charge in [-0.15, -0.1) is 35.3 Å². The number of nitrogens with one attached hydrogen (secondary N) is 2. The first-order valence-electron chi connectivity index (χ1n) is 10.2. The van der Waals surface area contributed by atoms with Gasteiger partial charge in [0.2, 0.25) is 0 Å². The molecular formula is C22H33IN4OS. The molecule has 0 saturated carbocycles. The number of hydrogen-bond acceptors (Lipinski definition) is 4. The van der Waals surface area contributed by atoms with Crippen molar-refractivity contribution in [1.82, 2.24) is 10.6 Å². The van der Waals surface area contributed by atoms with Gasteiger partial charge >= 0.3 is 0 Å². The van der Waals surface area contributed by atoms with E-state index in [-0.39, 0.29) is 24.0 Å². The predicted molar refractivity (Wildman–Crippen MR) is 135 cm³/mol. The topological polar surface area (TPSA) is 48.9 Å². The molecule has 1 aromatic heterocycles. The number of anilines is 1. The number of aliphatic imine (C=N–C) groups is 1. The van der Waals surface area contributed by atoms with Crippen molar-refractivity contribution >= 4 is 46.3 Å². The van der Waals surface area contributed by atoms with Gasteiger partial charge in [-0.3, -0.25) is 0 Å². The molecule has 0 aliphatic carbocycles. The van der Waals surface area contributed by atoms with E-state index in [2.05, 4.69) is 59.0 Å². The molecule has 3 rings (SSSR count). The maximum absolute atomic E-state index is 5.63. The van der Waals surface area contributed by atoms with Crippen molar-refractivity contribution in [3.8, 4) is 5.75 Å². The first-order valence-corrected chi connectivity index (χ1v) is 11.1. The third kappa shape index (κ3) is 7.06. The van der Waals surface area contributed by atoms with E-state index >= 15 is 0 Å². The van der Waals surface area contributed by atoms with Gasteiger partial charge in [-0.25, -0.2) is 4.99 Å². The lowest BCUT2D eigenvalue weighted by Crippen LogP contribution is -2.48. The number of thiophene rings is 1. The van der Waals surface area contributed by atoms with E-state index in [1.807, 2.05) is 24.3 Å². The van der Waals surface area contributed by atoms with E-state index in [9.17, 15) is 0 Å². The van der Waals surface area contributed by atoms with Gasteiger partial charge in [0.1, 0.15) is 5.75 Å². The Bertz CT molecular complexity index is 758. The van der Waals surface area contributed by atoms with Crippen LogP contribution in [0.25, 0.3) is 0 Å². The summed E-state index contributed by atoms with van der Waals surface area (Å²) in [6.07, 6.45) is 2.26. The number of aryl methyl sites for hydroxylation is 1. The first kappa shape index (κ1) is 23.8. The van der Waals surface area contributed by atoms with Gasteiger partial charge in [-0.2, -0.15) is 0 Å². The molecule has 1 saturated heterocycles. The van der Waals surface area contributed by atoms with Crippen molar-refractivity contribution < 1.29 is 4.74 Å². The fourth-order valence-electron chi connectivity index (χ4n) is 3.51. The minimum absolute atomic E-state index is 0. The number of nitrogens with zero attached hydrogens (tertiary/aromatic N) is 2. The number of guanidine groups is 1. The second-order valence-corrected chi connectivity index (χ2v) is 8.01. The lowest BCUT2D eigenvalue weighted by molar-refractivity contribution is 0.338. The van der Waals surface area contributed by atoms with Crippen LogP contribution in [0.15, 0.2) is 40.7 Å². The number of rotatable bonds is 7. The van der Waals surface area contributed by atoms with Crippen molar-refractivity contribution in [1.29, 1.82) is 0 Å². The molecule has 2 aromatic rings. The summed E-state index contributed by atoms with van der Waals surface area (Å²) >= 11 is 1.82. The fourth-order valence-corrected chi connectivity index (χ4v) is 4.29. The zero-order chi connectivity index (χ0) is 19.8. The zero-order valence-electron chi connectivity index (χ0n) is 17.6. The number of piperidine rings is 1. The minimum atomic E-state index is 0. The summed E-state index contributed by atoms with van der Waals surface area (Å²) in [7, 11) is 0. The molecule has 160 valence electrons. The van der Waals surface area contributed by atoms with Crippen LogP contribution in [-0.2, 0) is 6.54 Å². The molecule has 1 aliphatic rings. The van der Waals surface area contributed by atoms with E-state index < -0.39 is 0 Å². The molecule has 5 nitrogen and oxygen atoms in total. The van der Waals surface area contributed by atoms with Gasteiger partial charge in [0, 0.05) is 25.7 Å². The number of halogens is 1. The van der Waals surface area contributed by atoms with Crippen LogP contribution in [0.1, 0.15) is 37.8 Å². The van der Waals surface area contributed by atoms with Crippen molar-refractivity contribution in [2.24, 2.45) is 4.99 Å². The Morgan fingerprint density at radius 1 is 1.24 bits per heavy atom. The molecule has 2 N–H and O–H groups in total. The Labute approximate surface area is 196 Å². The average Bonchev–Trinajstić information content (AvgIpc) is 3.24. The van der Waals surface area contributed by atoms with Gasteiger partial charge in [0.05, 0.1) is 18.2 Å². The molecule has 1 fully saturated rings. The van der Waals surface area contributed by atoms with Crippen LogP contribution < -0.4 is 20.3 Å². The average molecular weight is 529 g/mol. The smallest absolute Gasteiger partial charge is 0.191 e. The van der Waals surface area contributed by atoms with E-state index in [4.69, 9.17) is 9.73 Å². The largest absolute Gasteiger partial charge is 0.494 e. The highest BCUT2D eigenvalue weighted by atomic mass is 127. The van der Waals surface area contributed by atoms with Crippen LogP contribution in [0.4, 0.5) is 5.00 Å². The van der Waals surface area contributed by atoms with Gasteiger partial charge in [-0.05, 0) is 68.3 Å². The van der Waals surface area contributed by atoms with Crippen molar-refractivity contribution in [3.63, 3.8) is 0 Å². The summed E-state index contributed by atoms with van der Waals surface area (Å²) in [4.78, 5) is 7.29. The number of hydrogen-bond donors (Lipinski definition) is 2. The van der Waals surface area contributed by atoms with E-state index in [0.717, 1.165) is 49.7 Å². The molecule has 1 aromatic carbocycles. The summed E-state index contributed by atoms with van der Waals surface area (Å²) in [5.74, 6) is 1.86. The molecule has 7 heteroatoms. The van der Waals surface area contributed by atoms with E-state index in [0.29, 0.717) is 19.2 Å². The third-order valence-corrected chi connectivity index (χ3v) is 5.89. The predicted octanol–water partition coefficient (Wildman–Crippen LogP) is 4.80. The summed E-state index contributed by atoms with van der Waals surface area (Å²) in [5.41, 5.74) is 2.36. The van der Waals surface area contributed by atoms with Crippen LogP contribution in [0.5, 0.6) is 5.75 Å². The maximum Gasteiger partial charge on any atom is 0.191 e. The maximum atomic E-state index is 5.63. The Morgan fingerprint density at radius 3 is 2.66 bits per heavy atom. The molecule has 0 atom stereocenters. The van der Waals surface area contributed by atoms with Gasteiger partial charge in [0.15, 0.2) is 5.96 Å². The molecule has 0 bridgehead atoms. The Balaban J connectivity index is 0.00000300. The fraction of sp³-hybridized carbons (Fsp3) is 0.500. The van der Waals surface area contributed by atoms with Crippen LogP contribution in [0.3, 0.4) is 0 Å². The van der Waals surface area contributed by atoms with Crippen molar-refractivity contribution in [2.45, 2.75) is 46.2 Å². The molecule has 1 aliphatic heterocycles. The van der Waals surface area contributed by atoms with Crippen LogP contribution >= 0.6 is 35.3 Å². The molecule has 2 heterocycles. The summed E-state index contributed by atoms with van der Waals surface area (Å²) in [5, 5.41) is 10.5. The summed E-state index contributed by atoms with van der Waals surface area (Å²) in [6.45, 7) is 10.6. The second-order valence-electron chi connectivity index (χ2n) is 7.08. The number of ether oxygens (including phenoxy) is 1. The molecule has 0 radical (unpaired) electrons. The quantitative estimate of drug-likeness (QED) is 0.308. The normalized spacial score (nSPS) is 15.0. The Hall–Kier alpha value is -1.48. The lowest BCUT2D eigenvalue weighted by Gasteiger charge is -2.33. The molecular weight excluding hydrogens is 495 g/mol. The third-order valence-electron chi connectivity index (χ3n) is 4.96. The minimum Gasteiger partial charge on any atom is -0.494 e. The van der Waals surface area contributed by atoms with Crippen molar-refractivity contribution in [2.75, 3.05) is 31.1 Å². The molecule has 29 heavy (non-hydrogen) atoms. The van der Waals surface area contributed by atoms with Gasteiger partial charge in [0.25, 0.3) is 0 Å². The van der Waals surface area contributed by atoms with Gasteiger partial charge in [-0.1, -0.05) is 12.1 Å². The van der Waals surface area contributed by atoms with Crippen LogP contribution in [-0.4, -0.2) is 38.2 Å². The first-order chi connectivity index (χ1) is 13.7. The molecule has 0 amide bonds. The highest BCUT2D eigenvalue weighted by Gasteiger charge is 2.20. The Kier molecular flexibility index (Phi) is 10.1. The highest BCUT2D eigenvalue weighted by Crippen LogP contribution is 2.25. The highest BCUT2D eigenvalue weighted by molar-refractivity contribution is 14.0. The summed E-state index contributed by atoms with van der Waals surface area (Å²) in [6, 6.07) is 11.1. The van der Waals surface area contributed by atoms with Gasteiger partial charge < -0.3 is 20.3 Å². The van der Waals surface area contributed by atoms with E-state index in [1.165, 1.54) is 10.6 Å². The standard InChI is InChI=1S/C22H32N4OS.HI/c1-4-23-22(24-16-18-8-9-20(27-5-2)17(3)15-18)25-19-10-12-26(13-11-19)21-7-6-14-28-21;/h6-9,14-15,19H,4-5,10-13,16H2,1-3H3,(H2,23,24,25);1H. The Morgan fingerprint density at radius 2 is 2.03 bits per heavy atom. The zero-order valence-corrected chi connectivity index (χ0v) is 20.8. The lowest BCUT2D eigenvalue weighted by atomic mass is 10.1. The number of benzene rings is 1. The summed E-state index contributed by atoms with van der Waals surface area (Å²) < 4.78 is 5.63. The monoisotopic (exact) mass is 528 g/mol. The van der Waals surface area contributed by atoms with E-state index in [1.54, 1.807) is 0 Å². The van der Waals surface area contributed by atoms with Crippen LogP contribution in [0.2, 0.25) is 0 Å². The van der Waals surface area contributed by atoms with Crippen molar-refractivity contribution in [3.05, 3.63) is 46.8 Å². The molecule has 0 unspecified atom stereocenters. The second kappa shape index (κ2) is 12.3. The SMILES string of the molecule is CCNC(=NCc1ccc(OCC)c(C)c1)NC1CCN(c2cccs2)CC1.I.